The Hall–Kier alpha value is -0.220. The molecule has 0 amide bonds. The average molecular weight is 216 g/mol. The summed E-state index contributed by atoms with van der Waals surface area (Å²) in [6.45, 7) is 3.96. The van der Waals surface area contributed by atoms with Crippen molar-refractivity contribution in [1.82, 2.24) is 0 Å². The van der Waals surface area contributed by atoms with Crippen LogP contribution < -0.4 is 5.73 Å². The van der Waals surface area contributed by atoms with Gasteiger partial charge < -0.3 is 10.5 Å². The van der Waals surface area contributed by atoms with Crippen LogP contribution in [0, 0.1) is 5.41 Å². The number of ether oxygens (including phenoxy) is 1. The van der Waals surface area contributed by atoms with Crippen LogP contribution in [0.5, 0.6) is 0 Å². The lowest BCUT2D eigenvalue weighted by Gasteiger charge is -2.25. The van der Waals surface area contributed by atoms with Gasteiger partial charge in [0.15, 0.2) is 0 Å². The predicted octanol–water partition coefficient (Wildman–Crippen LogP) is 2.00. The van der Waals surface area contributed by atoms with Crippen molar-refractivity contribution in [2.75, 3.05) is 13.2 Å². The Kier molecular flexibility index (Phi) is 5.33. The molecule has 0 bridgehead atoms. The second-order valence-corrected chi connectivity index (χ2v) is 5.31. The van der Waals surface area contributed by atoms with Crippen LogP contribution in [0.3, 0.4) is 0 Å². The Balaban J connectivity index is 2.27. The molecular formula is C10H20N2OS. The first-order valence-corrected chi connectivity index (χ1v) is 6.22. The van der Waals surface area contributed by atoms with E-state index in [1.807, 2.05) is 11.8 Å². The Bertz CT molecular complexity index is 181. The van der Waals surface area contributed by atoms with Crippen LogP contribution in [0.2, 0.25) is 0 Å². The summed E-state index contributed by atoms with van der Waals surface area (Å²) in [6, 6.07) is 0. The van der Waals surface area contributed by atoms with Gasteiger partial charge in [-0.15, -0.1) is 0 Å². The minimum atomic E-state index is 0.316. The van der Waals surface area contributed by atoms with Crippen LogP contribution >= 0.6 is 11.8 Å². The first kappa shape index (κ1) is 11.9. The molecule has 0 spiro atoms. The lowest BCUT2D eigenvalue weighted by Crippen LogP contribution is -2.23. The van der Waals surface area contributed by atoms with Crippen LogP contribution in [0.1, 0.15) is 32.6 Å². The van der Waals surface area contributed by atoms with Gasteiger partial charge in [-0.2, -0.15) is 11.8 Å². The monoisotopic (exact) mass is 216 g/mol. The van der Waals surface area contributed by atoms with Gasteiger partial charge in [-0.3, -0.25) is 5.41 Å². The normalized spacial score (nSPS) is 20.6. The molecule has 4 heteroatoms. The van der Waals surface area contributed by atoms with Gasteiger partial charge in [0.2, 0.25) is 0 Å². The molecule has 3 nitrogen and oxygen atoms in total. The average Bonchev–Trinajstić information content (AvgIpc) is 2.17. The smallest absolute Gasteiger partial charge is 0.0916 e. The standard InChI is InChI=1S/C10H20N2OS/c1-2-8(7-10(11)12)14-9-3-5-13-6-4-9/h8-9H,2-7H2,1H3,(H3,11,12). The Morgan fingerprint density at radius 1 is 1.57 bits per heavy atom. The molecule has 0 aromatic carbocycles. The van der Waals surface area contributed by atoms with Crippen molar-refractivity contribution in [3.05, 3.63) is 0 Å². The molecule has 82 valence electrons. The number of nitrogens with two attached hydrogens (primary N) is 1. The van der Waals surface area contributed by atoms with Crippen molar-refractivity contribution in [2.45, 2.75) is 43.1 Å². The highest BCUT2D eigenvalue weighted by atomic mass is 32.2. The van der Waals surface area contributed by atoms with Gasteiger partial charge in [-0.1, -0.05) is 6.92 Å². The van der Waals surface area contributed by atoms with Crippen LogP contribution in [-0.4, -0.2) is 29.5 Å². The molecular weight excluding hydrogens is 196 g/mol. The van der Waals surface area contributed by atoms with Crippen LogP contribution in [0.4, 0.5) is 0 Å². The minimum Gasteiger partial charge on any atom is -0.388 e. The second kappa shape index (κ2) is 6.30. The molecule has 14 heavy (non-hydrogen) atoms. The molecule has 1 saturated heterocycles. The summed E-state index contributed by atoms with van der Waals surface area (Å²) in [4.78, 5) is 0. The Labute approximate surface area is 90.3 Å². The molecule has 1 aliphatic heterocycles. The highest BCUT2D eigenvalue weighted by Crippen LogP contribution is 2.29. The number of rotatable bonds is 5. The molecule has 1 unspecified atom stereocenters. The molecule has 1 rings (SSSR count). The third-order valence-electron chi connectivity index (χ3n) is 2.46. The van der Waals surface area contributed by atoms with Gasteiger partial charge in [-0.05, 0) is 19.3 Å². The number of thioether (sulfide) groups is 1. The zero-order chi connectivity index (χ0) is 10.4. The van der Waals surface area contributed by atoms with E-state index in [-0.39, 0.29) is 0 Å². The van der Waals surface area contributed by atoms with Crippen LogP contribution in [0.25, 0.3) is 0 Å². The van der Waals surface area contributed by atoms with E-state index in [0.717, 1.165) is 38.9 Å². The van der Waals surface area contributed by atoms with Crippen molar-refractivity contribution in [1.29, 1.82) is 5.41 Å². The minimum absolute atomic E-state index is 0.316. The first-order valence-electron chi connectivity index (χ1n) is 5.28. The molecule has 0 radical (unpaired) electrons. The Morgan fingerprint density at radius 3 is 2.71 bits per heavy atom. The fraction of sp³-hybridized carbons (Fsp3) is 0.900. The molecule has 1 heterocycles. The highest BCUT2D eigenvalue weighted by molar-refractivity contribution is 8.00. The molecule has 1 fully saturated rings. The number of nitrogens with one attached hydrogen (secondary N) is 1. The fourth-order valence-electron chi connectivity index (χ4n) is 1.62. The van der Waals surface area contributed by atoms with Crippen molar-refractivity contribution in [2.24, 2.45) is 5.73 Å². The van der Waals surface area contributed by atoms with E-state index in [2.05, 4.69) is 6.92 Å². The van der Waals surface area contributed by atoms with Gasteiger partial charge in [0.25, 0.3) is 0 Å². The van der Waals surface area contributed by atoms with Gasteiger partial charge >= 0.3 is 0 Å². The molecule has 0 aliphatic carbocycles. The van der Waals surface area contributed by atoms with Crippen LogP contribution in [0.15, 0.2) is 0 Å². The van der Waals surface area contributed by atoms with Gasteiger partial charge in [0, 0.05) is 30.1 Å². The van der Waals surface area contributed by atoms with Gasteiger partial charge in [0.1, 0.15) is 0 Å². The van der Waals surface area contributed by atoms with Crippen molar-refractivity contribution < 1.29 is 4.74 Å². The fourth-order valence-corrected chi connectivity index (χ4v) is 3.10. The summed E-state index contributed by atoms with van der Waals surface area (Å²) in [6.07, 6.45) is 4.14. The molecule has 1 atom stereocenters. The third-order valence-corrected chi connectivity index (χ3v) is 4.20. The van der Waals surface area contributed by atoms with Gasteiger partial charge in [-0.25, -0.2) is 0 Å². The topological polar surface area (TPSA) is 59.1 Å². The SMILES string of the molecule is CCC(CC(=N)N)SC1CCOCC1. The molecule has 0 aromatic rings. The maximum absolute atomic E-state index is 7.29. The lowest BCUT2D eigenvalue weighted by molar-refractivity contribution is 0.0999. The number of hydrogen-bond acceptors (Lipinski definition) is 3. The predicted molar refractivity (Wildman–Crippen MR) is 62.0 cm³/mol. The second-order valence-electron chi connectivity index (χ2n) is 3.71. The van der Waals surface area contributed by atoms with Crippen molar-refractivity contribution in [3.63, 3.8) is 0 Å². The largest absolute Gasteiger partial charge is 0.388 e. The third kappa shape index (κ3) is 4.33. The molecule has 1 aliphatic rings. The number of amidine groups is 1. The summed E-state index contributed by atoms with van der Waals surface area (Å²) in [5, 5.41) is 8.52. The number of hydrogen-bond donors (Lipinski definition) is 2. The van der Waals surface area contributed by atoms with E-state index < -0.39 is 0 Å². The zero-order valence-corrected chi connectivity index (χ0v) is 9.61. The van der Waals surface area contributed by atoms with Crippen molar-refractivity contribution in [3.8, 4) is 0 Å². The maximum Gasteiger partial charge on any atom is 0.0916 e. The molecule has 0 aromatic heterocycles. The Morgan fingerprint density at radius 2 is 2.21 bits per heavy atom. The molecule has 3 N–H and O–H groups in total. The first-order chi connectivity index (χ1) is 6.72. The van der Waals surface area contributed by atoms with Crippen molar-refractivity contribution >= 4 is 17.6 Å². The lowest BCUT2D eigenvalue weighted by atomic mass is 10.2. The summed E-state index contributed by atoms with van der Waals surface area (Å²) in [7, 11) is 0. The van der Waals surface area contributed by atoms with E-state index in [4.69, 9.17) is 15.9 Å². The molecule has 0 saturated carbocycles. The van der Waals surface area contributed by atoms with E-state index >= 15 is 0 Å². The summed E-state index contributed by atoms with van der Waals surface area (Å²) < 4.78 is 5.32. The van der Waals surface area contributed by atoms with Gasteiger partial charge in [0.05, 0.1) is 5.84 Å². The van der Waals surface area contributed by atoms with E-state index in [1.165, 1.54) is 0 Å². The summed E-state index contributed by atoms with van der Waals surface area (Å²) in [5.74, 6) is 0.316. The quantitative estimate of drug-likeness (QED) is 0.546. The van der Waals surface area contributed by atoms with E-state index in [1.54, 1.807) is 0 Å². The summed E-state index contributed by atoms with van der Waals surface area (Å²) in [5.41, 5.74) is 5.42. The summed E-state index contributed by atoms with van der Waals surface area (Å²) >= 11 is 1.99. The van der Waals surface area contributed by atoms with E-state index in [0.29, 0.717) is 16.3 Å². The van der Waals surface area contributed by atoms with Crippen LogP contribution in [-0.2, 0) is 4.74 Å². The maximum atomic E-state index is 7.29. The van der Waals surface area contributed by atoms with E-state index in [9.17, 15) is 0 Å². The highest BCUT2D eigenvalue weighted by Gasteiger charge is 2.19. The zero-order valence-electron chi connectivity index (χ0n) is 8.79.